The maximum absolute atomic E-state index is 9.26. The molecular weight excluding hydrogens is 198 g/mol. The normalized spacial score (nSPS) is 18.4. The maximum atomic E-state index is 9.26. The van der Waals surface area contributed by atoms with Gasteiger partial charge in [-0.1, -0.05) is 26.0 Å². The van der Waals surface area contributed by atoms with Gasteiger partial charge in [0.2, 0.25) is 0 Å². The number of rotatable bonds is 4. The van der Waals surface area contributed by atoms with Crippen molar-refractivity contribution in [2.75, 3.05) is 13.1 Å². The highest BCUT2D eigenvalue weighted by atomic mass is 16.3. The van der Waals surface area contributed by atoms with Crippen molar-refractivity contribution in [2.24, 2.45) is 11.3 Å². The molecule has 2 nitrogen and oxygen atoms in total. The molecule has 0 aromatic heterocycles. The standard InChI is InChI=1S/C14H21NO/c1-11(2)7-14(9-15-10-14)8-12-3-5-13(16)6-4-12/h3-6,11,15-16H,7-10H2,1-2H3. The highest BCUT2D eigenvalue weighted by Crippen LogP contribution is 2.34. The van der Waals surface area contributed by atoms with Crippen LogP contribution in [0, 0.1) is 11.3 Å². The molecule has 88 valence electrons. The molecule has 1 aliphatic rings. The molecule has 16 heavy (non-hydrogen) atoms. The quantitative estimate of drug-likeness (QED) is 0.815. The first-order valence-corrected chi connectivity index (χ1v) is 6.08. The fourth-order valence-corrected chi connectivity index (χ4v) is 2.73. The van der Waals surface area contributed by atoms with Gasteiger partial charge in [0.1, 0.15) is 5.75 Å². The van der Waals surface area contributed by atoms with E-state index in [0.29, 0.717) is 11.2 Å². The summed E-state index contributed by atoms with van der Waals surface area (Å²) in [5, 5.41) is 12.6. The Kier molecular flexibility index (Phi) is 3.20. The van der Waals surface area contributed by atoms with Crippen LogP contribution in [0.25, 0.3) is 0 Å². The average Bonchev–Trinajstić information content (AvgIpc) is 2.17. The Bertz CT molecular complexity index is 338. The number of hydrogen-bond donors (Lipinski definition) is 2. The molecule has 0 radical (unpaired) electrons. The first-order valence-electron chi connectivity index (χ1n) is 6.08. The van der Waals surface area contributed by atoms with E-state index in [9.17, 15) is 5.11 Å². The molecule has 0 aliphatic carbocycles. The molecule has 1 aromatic carbocycles. The van der Waals surface area contributed by atoms with Gasteiger partial charge in [-0.3, -0.25) is 0 Å². The van der Waals surface area contributed by atoms with Crippen molar-refractivity contribution >= 4 is 0 Å². The van der Waals surface area contributed by atoms with Crippen LogP contribution >= 0.6 is 0 Å². The SMILES string of the molecule is CC(C)CC1(Cc2ccc(O)cc2)CNC1. The van der Waals surface area contributed by atoms with Gasteiger partial charge >= 0.3 is 0 Å². The van der Waals surface area contributed by atoms with Crippen LogP contribution in [0.1, 0.15) is 25.8 Å². The molecule has 0 amide bonds. The van der Waals surface area contributed by atoms with Crippen LogP contribution in [-0.2, 0) is 6.42 Å². The molecule has 1 heterocycles. The Morgan fingerprint density at radius 3 is 2.31 bits per heavy atom. The van der Waals surface area contributed by atoms with Gasteiger partial charge in [-0.05, 0) is 41.9 Å². The predicted molar refractivity (Wildman–Crippen MR) is 66.6 cm³/mol. The van der Waals surface area contributed by atoms with Crippen LogP contribution in [0.2, 0.25) is 0 Å². The smallest absolute Gasteiger partial charge is 0.115 e. The second-order valence-electron chi connectivity index (χ2n) is 5.54. The molecule has 1 aromatic rings. The van der Waals surface area contributed by atoms with Crippen LogP contribution < -0.4 is 5.32 Å². The molecule has 1 aliphatic heterocycles. The number of nitrogens with one attached hydrogen (secondary N) is 1. The van der Waals surface area contributed by atoms with Gasteiger partial charge in [0.15, 0.2) is 0 Å². The Hall–Kier alpha value is -1.02. The van der Waals surface area contributed by atoms with Crippen molar-refractivity contribution in [1.29, 1.82) is 0 Å². The van der Waals surface area contributed by atoms with Crippen LogP contribution in [0.5, 0.6) is 5.75 Å². The highest BCUT2D eigenvalue weighted by molar-refractivity contribution is 5.27. The van der Waals surface area contributed by atoms with Crippen molar-refractivity contribution in [3.05, 3.63) is 29.8 Å². The summed E-state index contributed by atoms with van der Waals surface area (Å²) < 4.78 is 0. The van der Waals surface area contributed by atoms with Gasteiger partial charge < -0.3 is 10.4 Å². The lowest BCUT2D eigenvalue weighted by Gasteiger charge is -2.44. The molecule has 0 spiro atoms. The lowest BCUT2D eigenvalue weighted by Crippen LogP contribution is -2.55. The molecule has 1 saturated heterocycles. The summed E-state index contributed by atoms with van der Waals surface area (Å²) in [5.41, 5.74) is 1.78. The van der Waals surface area contributed by atoms with Crippen molar-refractivity contribution in [3.63, 3.8) is 0 Å². The zero-order valence-electron chi connectivity index (χ0n) is 10.2. The minimum atomic E-state index is 0.355. The summed E-state index contributed by atoms with van der Waals surface area (Å²) in [5.74, 6) is 1.10. The summed E-state index contributed by atoms with van der Waals surface area (Å²) >= 11 is 0. The summed E-state index contributed by atoms with van der Waals surface area (Å²) in [4.78, 5) is 0. The van der Waals surface area contributed by atoms with Crippen LogP contribution in [0.15, 0.2) is 24.3 Å². The van der Waals surface area contributed by atoms with Gasteiger partial charge in [0, 0.05) is 13.1 Å². The topological polar surface area (TPSA) is 32.3 Å². The fraction of sp³-hybridized carbons (Fsp3) is 0.571. The molecule has 2 rings (SSSR count). The largest absolute Gasteiger partial charge is 0.508 e. The molecule has 0 atom stereocenters. The van der Waals surface area contributed by atoms with E-state index in [2.05, 4.69) is 19.2 Å². The van der Waals surface area contributed by atoms with Crippen molar-refractivity contribution in [1.82, 2.24) is 5.32 Å². The first kappa shape index (κ1) is 11.5. The van der Waals surface area contributed by atoms with Crippen molar-refractivity contribution in [3.8, 4) is 5.75 Å². The first-order chi connectivity index (χ1) is 7.60. The van der Waals surface area contributed by atoms with Crippen molar-refractivity contribution < 1.29 is 5.11 Å². The second-order valence-corrected chi connectivity index (χ2v) is 5.54. The van der Waals surface area contributed by atoms with E-state index in [1.165, 1.54) is 12.0 Å². The van der Waals surface area contributed by atoms with Crippen LogP contribution in [0.4, 0.5) is 0 Å². The molecular formula is C14H21NO. The minimum Gasteiger partial charge on any atom is -0.508 e. The van der Waals surface area contributed by atoms with E-state index in [1.54, 1.807) is 12.1 Å². The predicted octanol–water partition coefficient (Wildman–Crippen LogP) is 2.57. The lowest BCUT2D eigenvalue weighted by molar-refractivity contribution is 0.131. The van der Waals surface area contributed by atoms with E-state index in [-0.39, 0.29) is 0 Å². The fourth-order valence-electron chi connectivity index (χ4n) is 2.73. The Morgan fingerprint density at radius 1 is 1.25 bits per heavy atom. The van der Waals surface area contributed by atoms with Gasteiger partial charge in [0.05, 0.1) is 0 Å². The van der Waals surface area contributed by atoms with E-state index in [1.807, 2.05) is 12.1 Å². The maximum Gasteiger partial charge on any atom is 0.115 e. The zero-order chi connectivity index (χ0) is 11.6. The van der Waals surface area contributed by atoms with Crippen molar-refractivity contribution in [2.45, 2.75) is 26.7 Å². The summed E-state index contributed by atoms with van der Waals surface area (Å²) in [6.07, 6.45) is 2.40. The molecule has 2 heteroatoms. The summed E-state index contributed by atoms with van der Waals surface area (Å²) in [6.45, 7) is 6.84. The van der Waals surface area contributed by atoms with Gasteiger partial charge in [-0.15, -0.1) is 0 Å². The van der Waals surface area contributed by atoms with E-state index >= 15 is 0 Å². The van der Waals surface area contributed by atoms with Gasteiger partial charge in [-0.2, -0.15) is 0 Å². The van der Waals surface area contributed by atoms with Crippen LogP contribution in [0.3, 0.4) is 0 Å². The highest BCUT2D eigenvalue weighted by Gasteiger charge is 2.37. The monoisotopic (exact) mass is 219 g/mol. The van der Waals surface area contributed by atoms with E-state index in [4.69, 9.17) is 0 Å². The summed E-state index contributed by atoms with van der Waals surface area (Å²) in [6, 6.07) is 7.64. The van der Waals surface area contributed by atoms with E-state index in [0.717, 1.165) is 25.4 Å². The zero-order valence-corrected chi connectivity index (χ0v) is 10.2. The second kappa shape index (κ2) is 4.46. The third-order valence-corrected chi connectivity index (χ3v) is 3.36. The average molecular weight is 219 g/mol. The van der Waals surface area contributed by atoms with Gasteiger partial charge in [-0.25, -0.2) is 0 Å². The molecule has 0 unspecified atom stereocenters. The Labute approximate surface area is 97.7 Å². The Morgan fingerprint density at radius 2 is 1.88 bits per heavy atom. The lowest BCUT2D eigenvalue weighted by atomic mass is 9.71. The Balaban J connectivity index is 2.04. The number of hydrogen-bond acceptors (Lipinski definition) is 2. The third kappa shape index (κ3) is 2.56. The number of phenolic OH excluding ortho intramolecular Hbond substituents is 1. The number of aromatic hydroxyl groups is 1. The number of phenols is 1. The molecule has 1 fully saturated rings. The van der Waals surface area contributed by atoms with Gasteiger partial charge in [0.25, 0.3) is 0 Å². The number of benzene rings is 1. The summed E-state index contributed by atoms with van der Waals surface area (Å²) in [7, 11) is 0. The van der Waals surface area contributed by atoms with E-state index < -0.39 is 0 Å². The molecule has 0 bridgehead atoms. The molecule has 2 N–H and O–H groups in total. The van der Waals surface area contributed by atoms with Crippen LogP contribution in [-0.4, -0.2) is 18.2 Å². The minimum absolute atomic E-state index is 0.355. The third-order valence-electron chi connectivity index (χ3n) is 3.36. The molecule has 0 saturated carbocycles.